The summed E-state index contributed by atoms with van der Waals surface area (Å²) in [6, 6.07) is 14.4. The average molecular weight is 417 g/mol. The number of carbonyl (C=O) groups excluding carboxylic acids is 1. The molecule has 1 aliphatic carbocycles. The number of piperazine rings is 1. The number of benzene rings is 2. The number of rotatable bonds is 4. The van der Waals surface area contributed by atoms with Crippen molar-refractivity contribution in [3.05, 3.63) is 70.6 Å². The van der Waals surface area contributed by atoms with Gasteiger partial charge in [0, 0.05) is 37.3 Å². The van der Waals surface area contributed by atoms with Crippen molar-refractivity contribution in [2.24, 2.45) is 0 Å². The van der Waals surface area contributed by atoms with Gasteiger partial charge in [-0.25, -0.2) is 0 Å². The first kappa shape index (κ1) is 19.9. The van der Waals surface area contributed by atoms with Crippen LogP contribution in [0.2, 0.25) is 0 Å². The lowest BCUT2D eigenvalue weighted by Crippen LogP contribution is -2.48. The van der Waals surface area contributed by atoms with Gasteiger partial charge in [-0.2, -0.15) is 4.98 Å². The zero-order chi connectivity index (χ0) is 21.2. The zero-order valence-electron chi connectivity index (χ0n) is 18.0. The molecular weight excluding hydrogens is 388 g/mol. The molecule has 1 fully saturated rings. The van der Waals surface area contributed by atoms with Crippen LogP contribution in [0.4, 0.5) is 0 Å². The minimum Gasteiger partial charge on any atom is -0.338 e. The van der Waals surface area contributed by atoms with Crippen molar-refractivity contribution in [2.75, 3.05) is 26.2 Å². The van der Waals surface area contributed by atoms with Crippen LogP contribution in [0.3, 0.4) is 0 Å². The fourth-order valence-electron chi connectivity index (χ4n) is 4.49. The summed E-state index contributed by atoms with van der Waals surface area (Å²) in [5, 5.41) is 4.12. The Kier molecular flexibility index (Phi) is 5.55. The van der Waals surface area contributed by atoms with Crippen LogP contribution in [0.25, 0.3) is 11.4 Å². The standard InChI is InChI=1S/C25H28N4O2/c1-18-6-8-20(9-7-18)24-26-23(31-27-24)17-28-12-14-29(15-13-28)25(30)22-11-10-19-4-2-3-5-21(19)16-22/h6-11,16H,2-5,12-15,17H2,1H3. The Morgan fingerprint density at radius 1 is 0.968 bits per heavy atom. The topological polar surface area (TPSA) is 62.5 Å². The van der Waals surface area contributed by atoms with E-state index in [4.69, 9.17) is 4.52 Å². The number of aryl methyl sites for hydroxylation is 3. The van der Waals surface area contributed by atoms with Gasteiger partial charge >= 0.3 is 0 Å². The molecule has 0 unspecified atom stereocenters. The lowest BCUT2D eigenvalue weighted by atomic mass is 9.90. The molecule has 0 saturated carbocycles. The van der Waals surface area contributed by atoms with Crippen molar-refractivity contribution in [2.45, 2.75) is 39.2 Å². The van der Waals surface area contributed by atoms with E-state index < -0.39 is 0 Å². The van der Waals surface area contributed by atoms with Gasteiger partial charge in [-0.15, -0.1) is 0 Å². The first-order valence-electron chi connectivity index (χ1n) is 11.2. The van der Waals surface area contributed by atoms with Gasteiger partial charge in [-0.05, 0) is 55.9 Å². The van der Waals surface area contributed by atoms with Crippen molar-refractivity contribution in [1.29, 1.82) is 0 Å². The van der Waals surface area contributed by atoms with Crippen LogP contribution >= 0.6 is 0 Å². The van der Waals surface area contributed by atoms with E-state index >= 15 is 0 Å². The van der Waals surface area contributed by atoms with Gasteiger partial charge in [0.15, 0.2) is 0 Å². The quantitative estimate of drug-likeness (QED) is 0.646. The van der Waals surface area contributed by atoms with Crippen LogP contribution in [0.15, 0.2) is 47.0 Å². The zero-order valence-corrected chi connectivity index (χ0v) is 18.0. The molecule has 2 aromatic carbocycles. The van der Waals surface area contributed by atoms with E-state index in [1.807, 2.05) is 35.2 Å². The van der Waals surface area contributed by atoms with Crippen molar-refractivity contribution in [3.8, 4) is 11.4 Å². The molecule has 1 amide bonds. The number of fused-ring (bicyclic) bond motifs is 1. The van der Waals surface area contributed by atoms with Gasteiger partial charge < -0.3 is 9.42 Å². The molecule has 1 saturated heterocycles. The third kappa shape index (κ3) is 4.39. The second kappa shape index (κ2) is 8.63. The Hall–Kier alpha value is -2.99. The number of carbonyl (C=O) groups is 1. The largest absolute Gasteiger partial charge is 0.338 e. The highest BCUT2D eigenvalue weighted by molar-refractivity contribution is 5.94. The van der Waals surface area contributed by atoms with Gasteiger partial charge in [-0.3, -0.25) is 9.69 Å². The molecule has 160 valence electrons. The molecule has 0 spiro atoms. The molecule has 6 nitrogen and oxygen atoms in total. The molecule has 0 atom stereocenters. The molecule has 2 heterocycles. The first-order valence-corrected chi connectivity index (χ1v) is 11.2. The van der Waals surface area contributed by atoms with E-state index in [-0.39, 0.29) is 5.91 Å². The first-order chi connectivity index (χ1) is 15.2. The highest BCUT2D eigenvalue weighted by Crippen LogP contribution is 2.23. The van der Waals surface area contributed by atoms with Crippen molar-refractivity contribution >= 4 is 5.91 Å². The van der Waals surface area contributed by atoms with Crippen molar-refractivity contribution in [1.82, 2.24) is 19.9 Å². The van der Waals surface area contributed by atoms with E-state index in [0.29, 0.717) is 18.3 Å². The fourth-order valence-corrected chi connectivity index (χ4v) is 4.49. The third-order valence-corrected chi connectivity index (χ3v) is 6.39. The number of nitrogens with zero attached hydrogens (tertiary/aromatic N) is 4. The second-order valence-electron chi connectivity index (χ2n) is 8.64. The fraction of sp³-hybridized carbons (Fsp3) is 0.400. The summed E-state index contributed by atoms with van der Waals surface area (Å²) in [5.74, 6) is 1.38. The summed E-state index contributed by atoms with van der Waals surface area (Å²) in [7, 11) is 0. The van der Waals surface area contributed by atoms with Crippen molar-refractivity contribution < 1.29 is 9.32 Å². The van der Waals surface area contributed by atoms with Gasteiger partial charge in [0.05, 0.1) is 6.54 Å². The Morgan fingerprint density at radius 2 is 1.71 bits per heavy atom. The Balaban J connectivity index is 1.17. The summed E-state index contributed by atoms with van der Waals surface area (Å²) in [5.41, 5.74) is 5.76. The molecule has 1 aliphatic heterocycles. The van der Waals surface area contributed by atoms with Gasteiger partial charge in [0.2, 0.25) is 11.7 Å². The number of hydrogen-bond acceptors (Lipinski definition) is 5. The van der Waals surface area contributed by atoms with Gasteiger partial charge in [0.1, 0.15) is 0 Å². The molecule has 6 heteroatoms. The lowest BCUT2D eigenvalue weighted by molar-refractivity contribution is 0.0615. The highest BCUT2D eigenvalue weighted by Gasteiger charge is 2.24. The Labute approximate surface area is 182 Å². The average Bonchev–Trinajstić information content (AvgIpc) is 3.27. The minimum absolute atomic E-state index is 0.146. The monoisotopic (exact) mass is 416 g/mol. The summed E-state index contributed by atoms with van der Waals surface area (Å²) in [4.78, 5) is 21.8. The smallest absolute Gasteiger partial charge is 0.253 e. The van der Waals surface area contributed by atoms with E-state index in [9.17, 15) is 4.79 Å². The molecule has 5 rings (SSSR count). The molecular formula is C25H28N4O2. The van der Waals surface area contributed by atoms with Crippen LogP contribution in [-0.4, -0.2) is 52.0 Å². The SMILES string of the molecule is Cc1ccc(-c2noc(CN3CCN(C(=O)c4ccc5c(c4)CCCC5)CC3)n2)cc1. The summed E-state index contributed by atoms with van der Waals surface area (Å²) < 4.78 is 5.47. The Bertz CT molecular complexity index is 1070. The molecule has 1 aromatic heterocycles. The molecule has 0 bridgehead atoms. The maximum absolute atomic E-state index is 13.0. The van der Waals surface area contributed by atoms with Crippen LogP contribution < -0.4 is 0 Å². The van der Waals surface area contributed by atoms with Gasteiger partial charge in [-0.1, -0.05) is 41.1 Å². The van der Waals surface area contributed by atoms with Crippen molar-refractivity contribution in [3.63, 3.8) is 0 Å². The maximum atomic E-state index is 13.0. The van der Waals surface area contributed by atoms with Crippen LogP contribution in [0.1, 0.15) is 45.8 Å². The highest BCUT2D eigenvalue weighted by atomic mass is 16.5. The predicted molar refractivity (Wildman–Crippen MR) is 119 cm³/mol. The molecule has 0 N–H and O–H groups in total. The normalized spacial score (nSPS) is 16.9. The van der Waals surface area contributed by atoms with E-state index in [0.717, 1.165) is 50.1 Å². The van der Waals surface area contributed by atoms with E-state index in [1.54, 1.807) is 0 Å². The summed E-state index contributed by atoms with van der Waals surface area (Å²) >= 11 is 0. The third-order valence-electron chi connectivity index (χ3n) is 6.39. The Morgan fingerprint density at radius 3 is 2.48 bits per heavy atom. The molecule has 0 radical (unpaired) electrons. The second-order valence-corrected chi connectivity index (χ2v) is 8.64. The maximum Gasteiger partial charge on any atom is 0.253 e. The van der Waals surface area contributed by atoms with Crippen LogP contribution in [0, 0.1) is 6.92 Å². The predicted octanol–water partition coefficient (Wildman–Crippen LogP) is 3.88. The molecule has 31 heavy (non-hydrogen) atoms. The van der Waals surface area contributed by atoms with Gasteiger partial charge in [0.25, 0.3) is 5.91 Å². The number of hydrogen-bond donors (Lipinski definition) is 0. The molecule has 3 aromatic rings. The number of amides is 1. The van der Waals surface area contributed by atoms with Crippen LogP contribution in [0.5, 0.6) is 0 Å². The number of aromatic nitrogens is 2. The van der Waals surface area contributed by atoms with Crippen LogP contribution in [-0.2, 0) is 19.4 Å². The summed E-state index contributed by atoms with van der Waals surface area (Å²) in [6.07, 6.45) is 4.72. The summed E-state index contributed by atoms with van der Waals surface area (Å²) in [6.45, 7) is 5.71. The molecule has 2 aliphatic rings. The minimum atomic E-state index is 0.146. The van der Waals surface area contributed by atoms with E-state index in [2.05, 4.69) is 34.1 Å². The van der Waals surface area contributed by atoms with E-state index in [1.165, 1.54) is 29.5 Å². The lowest BCUT2D eigenvalue weighted by Gasteiger charge is -2.34.